The van der Waals surface area contributed by atoms with Gasteiger partial charge in [0.05, 0.1) is 0 Å². The second-order valence-electron chi connectivity index (χ2n) is 6.18. The minimum atomic E-state index is 0.219. The van der Waals surface area contributed by atoms with Crippen molar-refractivity contribution in [2.45, 2.75) is 51.1 Å². The number of rotatable bonds is 6. The summed E-state index contributed by atoms with van der Waals surface area (Å²) in [6.45, 7) is 7.23. The Bertz CT molecular complexity index is 391. The van der Waals surface area contributed by atoms with Gasteiger partial charge in [-0.3, -0.25) is 4.90 Å². The first-order valence-corrected chi connectivity index (χ1v) is 7.44. The molecule has 0 spiro atoms. The van der Waals surface area contributed by atoms with E-state index >= 15 is 0 Å². The Morgan fingerprint density at radius 3 is 2.58 bits per heavy atom. The lowest BCUT2D eigenvalue weighted by Gasteiger charge is -2.42. The molecule has 1 aromatic heterocycles. The lowest BCUT2D eigenvalue weighted by Crippen LogP contribution is -2.56. The highest BCUT2D eigenvalue weighted by Crippen LogP contribution is 2.26. The normalized spacial score (nSPS) is 18.9. The molecule has 0 bridgehead atoms. The summed E-state index contributed by atoms with van der Waals surface area (Å²) in [5.41, 5.74) is 0.219. The highest BCUT2D eigenvalue weighted by molar-refractivity contribution is 4.98. The van der Waals surface area contributed by atoms with Crippen LogP contribution in [0.4, 0.5) is 0 Å². The van der Waals surface area contributed by atoms with Crippen molar-refractivity contribution in [2.24, 2.45) is 7.05 Å². The fourth-order valence-corrected chi connectivity index (χ4v) is 3.28. The first-order chi connectivity index (χ1) is 9.05. The second kappa shape index (κ2) is 6.06. The molecule has 0 radical (unpaired) electrons. The van der Waals surface area contributed by atoms with E-state index in [0.717, 1.165) is 12.8 Å². The van der Waals surface area contributed by atoms with E-state index in [1.807, 2.05) is 12.4 Å². The highest BCUT2D eigenvalue weighted by Gasteiger charge is 2.35. The van der Waals surface area contributed by atoms with Crippen molar-refractivity contribution < 1.29 is 0 Å². The van der Waals surface area contributed by atoms with Crippen LogP contribution in [0.15, 0.2) is 12.4 Å². The number of aryl methyl sites for hydroxylation is 2. The van der Waals surface area contributed by atoms with Crippen LogP contribution in [0.3, 0.4) is 0 Å². The van der Waals surface area contributed by atoms with Gasteiger partial charge >= 0.3 is 0 Å². The van der Waals surface area contributed by atoms with Gasteiger partial charge in [-0.25, -0.2) is 4.98 Å². The van der Waals surface area contributed by atoms with E-state index in [9.17, 15) is 0 Å². The molecule has 4 heteroatoms. The maximum atomic E-state index is 4.42. The van der Waals surface area contributed by atoms with Crippen LogP contribution in [0.5, 0.6) is 0 Å². The van der Waals surface area contributed by atoms with Gasteiger partial charge in [0.25, 0.3) is 0 Å². The van der Waals surface area contributed by atoms with Gasteiger partial charge in [0.15, 0.2) is 0 Å². The highest BCUT2D eigenvalue weighted by atomic mass is 15.2. The molecule has 2 heterocycles. The van der Waals surface area contributed by atoms with Crippen LogP contribution in [0.2, 0.25) is 0 Å². The van der Waals surface area contributed by atoms with E-state index < -0.39 is 0 Å². The summed E-state index contributed by atoms with van der Waals surface area (Å²) in [5.74, 6) is 1.18. The van der Waals surface area contributed by atoms with Crippen molar-refractivity contribution in [1.29, 1.82) is 0 Å². The van der Waals surface area contributed by atoms with Crippen LogP contribution in [0.1, 0.15) is 38.9 Å². The lowest BCUT2D eigenvalue weighted by molar-refractivity contribution is 0.106. The second-order valence-corrected chi connectivity index (χ2v) is 6.18. The Balaban J connectivity index is 1.97. The van der Waals surface area contributed by atoms with Crippen molar-refractivity contribution in [3.63, 3.8) is 0 Å². The monoisotopic (exact) mass is 264 g/mol. The van der Waals surface area contributed by atoms with Crippen LogP contribution in [-0.4, -0.2) is 46.2 Å². The van der Waals surface area contributed by atoms with Gasteiger partial charge in [0, 0.05) is 37.4 Å². The van der Waals surface area contributed by atoms with Gasteiger partial charge < -0.3 is 9.88 Å². The maximum Gasteiger partial charge on any atom is 0.108 e. The molecule has 0 aromatic carbocycles. The standard InChI is InChI=1S/C15H28N4/c1-15(2,19-10-5-6-11-19)13(16-3)7-8-14-17-9-12-18(14)4/h9,12-13,16H,5-8,10-11H2,1-4H3. The van der Waals surface area contributed by atoms with Crippen molar-refractivity contribution in [3.8, 4) is 0 Å². The molecule has 4 nitrogen and oxygen atoms in total. The van der Waals surface area contributed by atoms with Crippen molar-refractivity contribution in [3.05, 3.63) is 18.2 Å². The van der Waals surface area contributed by atoms with E-state index in [-0.39, 0.29) is 5.54 Å². The summed E-state index contributed by atoms with van der Waals surface area (Å²) in [5, 5.41) is 3.52. The molecule has 0 aliphatic carbocycles. The zero-order valence-electron chi connectivity index (χ0n) is 12.8. The van der Waals surface area contributed by atoms with Crippen molar-refractivity contribution in [1.82, 2.24) is 19.8 Å². The van der Waals surface area contributed by atoms with E-state index in [0.29, 0.717) is 6.04 Å². The zero-order chi connectivity index (χ0) is 13.9. The Morgan fingerprint density at radius 2 is 2.05 bits per heavy atom. The molecule has 1 fully saturated rings. The van der Waals surface area contributed by atoms with Crippen molar-refractivity contribution in [2.75, 3.05) is 20.1 Å². The molecule has 1 saturated heterocycles. The summed E-state index contributed by atoms with van der Waals surface area (Å²) < 4.78 is 2.12. The Kier molecular flexibility index (Phi) is 4.63. The van der Waals surface area contributed by atoms with Crippen molar-refractivity contribution >= 4 is 0 Å². The molecule has 19 heavy (non-hydrogen) atoms. The van der Waals surface area contributed by atoms with E-state index in [4.69, 9.17) is 0 Å². The average molecular weight is 264 g/mol. The number of likely N-dealkylation sites (N-methyl/N-ethyl adjacent to an activating group) is 1. The molecular weight excluding hydrogens is 236 g/mol. The lowest BCUT2D eigenvalue weighted by atomic mass is 9.89. The van der Waals surface area contributed by atoms with Gasteiger partial charge in [-0.05, 0) is 53.2 Å². The zero-order valence-corrected chi connectivity index (χ0v) is 12.8. The molecule has 1 N–H and O–H groups in total. The van der Waals surface area contributed by atoms with Gasteiger partial charge in [0.2, 0.25) is 0 Å². The summed E-state index contributed by atoms with van der Waals surface area (Å²) >= 11 is 0. The number of hydrogen-bond acceptors (Lipinski definition) is 3. The molecule has 1 unspecified atom stereocenters. The SMILES string of the molecule is CNC(CCc1nccn1C)C(C)(C)N1CCCC1. The molecule has 0 saturated carbocycles. The first kappa shape index (κ1) is 14.5. The number of nitrogens with zero attached hydrogens (tertiary/aromatic N) is 3. The van der Waals surface area contributed by atoms with Crippen LogP contribution in [-0.2, 0) is 13.5 Å². The van der Waals surface area contributed by atoms with E-state index in [1.54, 1.807) is 0 Å². The summed E-state index contributed by atoms with van der Waals surface area (Å²) in [7, 11) is 4.16. The van der Waals surface area contributed by atoms with Gasteiger partial charge in [-0.2, -0.15) is 0 Å². The third kappa shape index (κ3) is 3.18. The molecule has 1 atom stereocenters. The third-order valence-electron chi connectivity index (χ3n) is 4.70. The summed E-state index contributed by atoms with van der Waals surface area (Å²) in [6, 6.07) is 0.502. The maximum absolute atomic E-state index is 4.42. The average Bonchev–Trinajstić information content (AvgIpc) is 3.01. The van der Waals surface area contributed by atoms with Gasteiger partial charge in [-0.1, -0.05) is 0 Å². The van der Waals surface area contributed by atoms with Gasteiger partial charge in [-0.15, -0.1) is 0 Å². The van der Waals surface area contributed by atoms with E-state index in [2.05, 4.69) is 47.7 Å². The number of nitrogens with one attached hydrogen (secondary N) is 1. The molecule has 1 aliphatic heterocycles. The largest absolute Gasteiger partial charge is 0.338 e. The van der Waals surface area contributed by atoms with Gasteiger partial charge in [0.1, 0.15) is 5.82 Å². The fraction of sp³-hybridized carbons (Fsp3) is 0.800. The quantitative estimate of drug-likeness (QED) is 0.851. The molecular formula is C15H28N4. The topological polar surface area (TPSA) is 33.1 Å². The van der Waals surface area contributed by atoms with Crippen LogP contribution >= 0.6 is 0 Å². The smallest absolute Gasteiger partial charge is 0.108 e. The van der Waals surface area contributed by atoms with Crippen LogP contribution in [0.25, 0.3) is 0 Å². The summed E-state index contributed by atoms with van der Waals surface area (Å²) in [6.07, 6.45) is 8.76. The Labute approximate surface area is 117 Å². The molecule has 0 amide bonds. The molecule has 108 valence electrons. The number of imidazole rings is 1. The molecule has 1 aliphatic rings. The van der Waals surface area contributed by atoms with E-state index in [1.165, 1.54) is 31.8 Å². The number of likely N-dealkylation sites (tertiary alicyclic amines) is 1. The fourth-order valence-electron chi connectivity index (χ4n) is 3.28. The Hall–Kier alpha value is -0.870. The number of aromatic nitrogens is 2. The first-order valence-electron chi connectivity index (χ1n) is 7.44. The minimum absolute atomic E-state index is 0.219. The molecule has 1 aromatic rings. The van der Waals surface area contributed by atoms with Crippen LogP contribution < -0.4 is 5.32 Å². The predicted molar refractivity (Wildman–Crippen MR) is 79.3 cm³/mol. The third-order valence-corrected chi connectivity index (χ3v) is 4.70. The minimum Gasteiger partial charge on any atom is -0.338 e. The summed E-state index contributed by atoms with van der Waals surface area (Å²) in [4.78, 5) is 7.05. The predicted octanol–water partition coefficient (Wildman–Crippen LogP) is 1.82. The Morgan fingerprint density at radius 1 is 1.37 bits per heavy atom. The molecule has 2 rings (SSSR count). The van der Waals surface area contributed by atoms with Crippen LogP contribution in [0, 0.1) is 0 Å². The number of hydrogen-bond donors (Lipinski definition) is 1.